The number of nitrogens with zero attached hydrogens (tertiary/aromatic N) is 2. The van der Waals surface area contributed by atoms with Gasteiger partial charge >= 0.3 is 0 Å². The van der Waals surface area contributed by atoms with Crippen molar-refractivity contribution in [3.8, 4) is 0 Å². The summed E-state index contributed by atoms with van der Waals surface area (Å²) in [6.45, 7) is 1.77. The van der Waals surface area contributed by atoms with E-state index in [1.54, 1.807) is 6.92 Å². The standard InChI is InChI=1S/C15H17BrN4O3S3/c1-9(13(21)17-12-5-6-26(22,23)8-12)24-15-20-19-14(25-15)18-11-4-2-3-10(16)7-11/h2-4,7,9,12H,5-6,8H2,1H3,(H,17,21)(H,18,19). The van der Waals surface area contributed by atoms with Gasteiger partial charge in [0.05, 0.1) is 16.8 Å². The van der Waals surface area contributed by atoms with Crippen molar-refractivity contribution in [3.63, 3.8) is 0 Å². The van der Waals surface area contributed by atoms with Crippen LogP contribution < -0.4 is 10.6 Å². The second kappa shape index (κ2) is 8.24. The molecular formula is C15H17BrN4O3S3. The second-order valence-electron chi connectivity index (χ2n) is 5.88. The first-order chi connectivity index (χ1) is 12.3. The van der Waals surface area contributed by atoms with Crippen molar-refractivity contribution in [2.75, 3.05) is 16.8 Å². The van der Waals surface area contributed by atoms with Crippen LogP contribution in [0.25, 0.3) is 0 Å². The lowest BCUT2D eigenvalue weighted by Crippen LogP contribution is -2.39. The van der Waals surface area contributed by atoms with E-state index >= 15 is 0 Å². The smallest absolute Gasteiger partial charge is 0.233 e. The third-order valence-corrected chi connectivity index (χ3v) is 7.99. The van der Waals surface area contributed by atoms with Crippen molar-refractivity contribution >= 4 is 65.6 Å². The minimum absolute atomic E-state index is 0.0234. The predicted molar refractivity (Wildman–Crippen MR) is 108 cm³/mol. The fraction of sp³-hybridized carbons (Fsp3) is 0.400. The Morgan fingerprint density at radius 3 is 2.92 bits per heavy atom. The number of rotatable bonds is 6. The van der Waals surface area contributed by atoms with E-state index in [9.17, 15) is 13.2 Å². The molecule has 0 radical (unpaired) electrons. The van der Waals surface area contributed by atoms with Gasteiger partial charge in [-0.25, -0.2) is 8.42 Å². The van der Waals surface area contributed by atoms with Crippen LogP contribution in [-0.4, -0.2) is 47.3 Å². The molecule has 2 N–H and O–H groups in total. The van der Waals surface area contributed by atoms with Crippen LogP contribution in [0.4, 0.5) is 10.8 Å². The number of carbonyl (C=O) groups excluding carboxylic acids is 1. The highest BCUT2D eigenvalue weighted by Crippen LogP contribution is 2.31. The van der Waals surface area contributed by atoms with Crippen LogP contribution >= 0.6 is 39.0 Å². The minimum atomic E-state index is -3.01. The van der Waals surface area contributed by atoms with Crippen LogP contribution in [0.5, 0.6) is 0 Å². The zero-order valence-electron chi connectivity index (χ0n) is 13.8. The number of halogens is 1. The summed E-state index contributed by atoms with van der Waals surface area (Å²) in [7, 11) is -3.01. The molecule has 0 saturated carbocycles. The van der Waals surface area contributed by atoms with E-state index in [2.05, 4.69) is 36.8 Å². The van der Waals surface area contributed by atoms with E-state index in [1.165, 1.54) is 23.1 Å². The van der Waals surface area contributed by atoms with E-state index in [0.29, 0.717) is 15.9 Å². The molecule has 1 aromatic carbocycles. The Hall–Kier alpha value is -1.17. The van der Waals surface area contributed by atoms with Gasteiger partial charge in [0.1, 0.15) is 0 Å². The summed E-state index contributed by atoms with van der Waals surface area (Å²) < 4.78 is 24.6. The second-order valence-corrected chi connectivity index (χ2v) is 11.6. The number of hydrogen-bond acceptors (Lipinski definition) is 8. The maximum absolute atomic E-state index is 12.3. The fourth-order valence-corrected chi connectivity index (χ4v) is 6.43. The SMILES string of the molecule is CC(Sc1nnc(Nc2cccc(Br)c2)s1)C(=O)NC1CCS(=O)(=O)C1. The third kappa shape index (κ3) is 5.41. The molecule has 2 unspecified atom stereocenters. The Kier molecular flexibility index (Phi) is 6.21. The van der Waals surface area contributed by atoms with Crippen LogP contribution in [-0.2, 0) is 14.6 Å². The van der Waals surface area contributed by atoms with Gasteiger partial charge in [-0.05, 0) is 31.5 Å². The molecule has 26 heavy (non-hydrogen) atoms. The first kappa shape index (κ1) is 19.6. The van der Waals surface area contributed by atoms with Crippen molar-refractivity contribution in [3.05, 3.63) is 28.7 Å². The molecular weight excluding hydrogens is 460 g/mol. The molecule has 1 amide bonds. The molecule has 7 nitrogen and oxygen atoms in total. The summed E-state index contributed by atoms with van der Waals surface area (Å²) in [5.41, 5.74) is 0.889. The van der Waals surface area contributed by atoms with E-state index < -0.39 is 9.84 Å². The maximum atomic E-state index is 12.3. The van der Waals surface area contributed by atoms with Crippen LogP contribution in [0.15, 0.2) is 33.1 Å². The number of carbonyl (C=O) groups is 1. The topological polar surface area (TPSA) is 101 Å². The first-order valence-electron chi connectivity index (χ1n) is 7.84. The van der Waals surface area contributed by atoms with Gasteiger partial charge in [-0.1, -0.05) is 45.1 Å². The molecule has 2 atom stereocenters. The van der Waals surface area contributed by atoms with Crippen LogP contribution in [0.2, 0.25) is 0 Å². The van der Waals surface area contributed by atoms with Gasteiger partial charge < -0.3 is 10.6 Å². The molecule has 11 heteroatoms. The van der Waals surface area contributed by atoms with Gasteiger partial charge in [-0.2, -0.15) is 0 Å². The average Bonchev–Trinajstić information content (AvgIpc) is 3.13. The lowest BCUT2D eigenvalue weighted by atomic mass is 10.2. The number of hydrogen-bond donors (Lipinski definition) is 2. The van der Waals surface area contributed by atoms with Crippen molar-refractivity contribution in [1.82, 2.24) is 15.5 Å². The molecule has 2 heterocycles. The number of anilines is 2. The van der Waals surface area contributed by atoms with E-state index in [-0.39, 0.29) is 28.7 Å². The highest BCUT2D eigenvalue weighted by molar-refractivity contribution is 9.10. The van der Waals surface area contributed by atoms with Gasteiger partial charge in [0.2, 0.25) is 11.0 Å². The molecule has 0 spiro atoms. The first-order valence-corrected chi connectivity index (χ1v) is 12.2. The fourth-order valence-electron chi connectivity index (χ4n) is 2.43. The van der Waals surface area contributed by atoms with Gasteiger partial charge in [0, 0.05) is 16.2 Å². The zero-order chi connectivity index (χ0) is 18.7. The summed E-state index contributed by atoms with van der Waals surface area (Å²) in [5, 5.41) is 14.4. The van der Waals surface area contributed by atoms with Crippen molar-refractivity contribution in [2.24, 2.45) is 0 Å². The largest absolute Gasteiger partial charge is 0.351 e. The van der Waals surface area contributed by atoms with E-state index in [0.717, 1.165) is 10.2 Å². The Balaban J connectivity index is 1.54. The summed E-state index contributed by atoms with van der Waals surface area (Å²) in [5.74, 6) is -0.0235. The van der Waals surface area contributed by atoms with Gasteiger partial charge in [-0.3, -0.25) is 4.79 Å². The molecule has 1 aromatic heterocycles. The lowest BCUT2D eigenvalue weighted by Gasteiger charge is -2.14. The third-order valence-electron chi connectivity index (χ3n) is 3.71. The highest BCUT2D eigenvalue weighted by Gasteiger charge is 2.30. The Bertz CT molecular complexity index is 903. The number of aromatic nitrogens is 2. The number of nitrogens with one attached hydrogen (secondary N) is 2. The molecule has 1 fully saturated rings. The number of thioether (sulfide) groups is 1. The van der Waals surface area contributed by atoms with E-state index in [4.69, 9.17) is 0 Å². The lowest BCUT2D eigenvalue weighted by molar-refractivity contribution is -0.120. The zero-order valence-corrected chi connectivity index (χ0v) is 17.8. The van der Waals surface area contributed by atoms with Crippen LogP contribution in [0.3, 0.4) is 0 Å². The Morgan fingerprint density at radius 1 is 1.42 bits per heavy atom. The summed E-state index contributed by atoms with van der Waals surface area (Å²) in [6, 6.07) is 7.41. The van der Waals surface area contributed by atoms with Gasteiger partial charge in [0.25, 0.3) is 0 Å². The van der Waals surface area contributed by atoms with Crippen LogP contribution in [0, 0.1) is 0 Å². The number of amides is 1. The summed E-state index contributed by atoms with van der Waals surface area (Å²) in [6.07, 6.45) is 0.477. The average molecular weight is 477 g/mol. The molecule has 2 aromatic rings. The Morgan fingerprint density at radius 2 is 2.23 bits per heavy atom. The quantitative estimate of drug-likeness (QED) is 0.617. The molecule has 1 aliphatic heterocycles. The normalized spacial score (nSPS) is 19.8. The number of benzene rings is 1. The predicted octanol–water partition coefficient (Wildman–Crippen LogP) is 2.83. The number of sulfone groups is 1. The summed E-state index contributed by atoms with van der Waals surface area (Å²) >= 11 is 6.08. The monoisotopic (exact) mass is 476 g/mol. The Labute approximate surface area is 168 Å². The van der Waals surface area contributed by atoms with Crippen molar-refractivity contribution in [1.29, 1.82) is 0 Å². The minimum Gasteiger partial charge on any atom is -0.351 e. The molecule has 0 aliphatic carbocycles. The molecule has 1 aliphatic rings. The summed E-state index contributed by atoms with van der Waals surface area (Å²) in [4.78, 5) is 12.3. The molecule has 140 valence electrons. The molecule has 3 rings (SSSR count). The highest BCUT2D eigenvalue weighted by atomic mass is 79.9. The van der Waals surface area contributed by atoms with Crippen molar-refractivity contribution in [2.45, 2.75) is 29.0 Å². The maximum Gasteiger partial charge on any atom is 0.233 e. The van der Waals surface area contributed by atoms with Crippen LogP contribution in [0.1, 0.15) is 13.3 Å². The van der Waals surface area contributed by atoms with Crippen molar-refractivity contribution < 1.29 is 13.2 Å². The van der Waals surface area contributed by atoms with Gasteiger partial charge in [-0.15, -0.1) is 10.2 Å². The molecule has 1 saturated heterocycles. The van der Waals surface area contributed by atoms with Gasteiger partial charge in [0.15, 0.2) is 14.2 Å². The molecule has 0 bridgehead atoms. The van der Waals surface area contributed by atoms with E-state index in [1.807, 2.05) is 24.3 Å².